The summed E-state index contributed by atoms with van der Waals surface area (Å²) in [6.45, 7) is 2.99. The molecule has 130 valence electrons. The van der Waals surface area contributed by atoms with Crippen molar-refractivity contribution < 1.29 is 18.3 Å². The number of phenolic OH excluding ortho intramolecular Hbond substituents is 1. The van der Waals surface area contributed by atoms with Gasteiger partial charge in [-0.1, -0.05) is 30.3 Å². The topological polar surface area (TPSA) is 35.5 Å². The Bertz CT molecular complexity index is 696. The predicted octanol–water partition coefficient (Wildman–Crippen LogP) is 3.83. The fourth-order valence-electron chi connectivity index (χ4n) is 3.43. The lowest BCUT2D eigenvalue weighted by atomic mass is 9.93. The van der Waals surface area contributed by atoms with Gasteiger partial charge in [-0.25, -0.2) is 0 Å². The number of alkyl halides is 3. The van der Waals surface area contributed by atoms with E-state index in [1.807, 2.05) is 18.2 Å². The molecule has 1 aliphatic heterocycles. The zero-order valence-electron chi connectivity index (χ0n) is 13.3. The van der Waals surface area contributed by atoms with Crippen molar-refractivity contribution >= 4 is 10.8 Å². The van der Waals surface area contributed by atoms with Crippen LogP contribution < -0.4 is 5.32 Å². The molecule has 1 saturated heterocycles. The first-order chi connectivity index (χ1) is 11.5. The molecule has 1 heterocycles. The monoisotopic (exact) mass is 338 g/mol. The number of nitrogens with zero attached hydrogens (tertiary/aromatic N) is 1. The molecule has 0 unspecified atom stereocenters. The fourth-order valence-corrected chi connectivity index (χ4v) is 3.43. The highest BCUT2D eigenvalue weighted by Crippen LogP contribution is 2.37. The van der Waals surface area contributed by atoms with Crippen molar-refractivity contribution in [2.45, 2.75) is 25.1 Å². The molecule has 3 rings (SSSR count). The average Bonchev–Trinajstić information content (AvgIpc) is 2.57. The number of fused-ring (bicyclic) bond motifs is 1. The minimum atomic E-state index is -4.17. The number of halogens is 3. The molecule has 0 aliphatic carbocycles. The van der Waals surface area contributed by atoms with E-state index in [4.69, 9.17) is 0 Å². The van der Waals surface area contributed by atoms with Crippen LogP contribution in [-0.4, -0.2) is 42.4 Å². The van der Waals surface area contributed by atoms with Crippen LogP contribution in [0.2, 0.25) is 0 Å². The third kappa shape index (κ3) is 3.82. The van der Waals surface area contributed by atoms with Gasteiger partial charge in [0.15, 0.2) is 0 Å². The maximum atomic E-state index is 12.8. The van der Waals surface area contributed by atoms with Gasteiger partial charge in [-0.2, -0.15) is 13.2 Å². The third-order valence-corrected chi connectivity index (χ3v) is 4.59. The van der Waals surface area contributed by atoms with Crippen molar-refractivity contribution in [1.82, 2.24) is 10.2 Å². The summed E-state index contributed by atoms with van der Waals surface area (Å²) in [5.74, 6) is 0.157. The Morgan fingerprint density at radius 1 is 1.04 bits per heavy atom. The van der Waals surface area contributed by atoms with Gasteiger partial charge >= 0.3 is 6.18 Å². The van der Waals surface area contributed by atoms with Gasteiger partial charge in [0.25, 0.3) is 0 Å². The molecular weight excluding hydrogens is 317 g/mol. The van der Waals surface area contributed by atoms with Crippen molar-refractivity contribution in [1.29, 1.82) is 0 Å². The zero-order valence-corrected chi connectivity index (χ0v) is 13.3. The Hall–Kier alpha value is -1.79. The van der Waals surface area contributed by atoms with E-state index in [-0.39, 0.29) is 18.2 Å². The molecule has 0 radical (unpaired) electrons. The summed E-state index contributed by atoms with van der Waals surface area (Å²) in [4.78, 5) is 2.11. The Morgan fingerprint density at radius 3 is 2.38 bits per heavy atom. The summed E-state index contributed by atoms with van der Waals surface area (Å²) in [6, 6.07) is 10.4. The number of rotatable bonds is 4. The molecule has 0 spiro atoms. The quantitative estimate of drug-likeness (QED) is 0.889. The van der Waals surface area contributed by atoms with Crippen molar-refractivity contribution in [2.75, 3.05) is 26.2 Å². The Balaban J connectivity index is 1.99. The molecule has 0 aromatic heterocycles. The maximum absolute atomic E-state index is 12.8. The molecule has 2 N–H and O–H groups in total. The first kappa shape index (κ1) is 17.0. The highest BCUT2D eigenvalue weighted by Gasteiger charge is 2.32. The molecule has 0 saturated carbocycles. The number of benzene rings is 2. The molecule has 0 bridgehead atoms. The maximum Gasteiger partial charge on any atom is 0.389 e. The summed E-state index contributed by atoms with van der Waals surface area (Å²) in [6.07, 6.45) is -4.95. The van der Waals surface area contributed by atoms with E-state index in [0.29, 0.717) is 5.39 Å². The molecule has 2 aromatic rings. The highest BCUT2D eigenvalue weighted by atomic mass is 19.4. The van der Waals surface area contributed by atoms with Crippen molar-refractivity contribution in [2.24, 2.45) is 0 Å². The second kappa shape index (κ2) is 6.99. The van der Waals surface area contributed by atoms with Gasteiger partial charge in [0, 0.05) is 44.0 Å². The minimum absolute atomic E-state index is 0.0261. The Labute approximate surface area is 139 Å². The minimum Gasteiger partial charge on any atom is -0.507 e. The Morgan fingerprint density at radius 2 is 1.71 bits per heavy atom. The van der Waals surface area contributed by atoms with Crippen LogP contribution in [0.3, 0.4) is 0 Å². The predicted molar refractivity (Wildman–Crippen MR) is 88.1 cm³/mol. The van der Waals surface area contributed by atoms with Crippen LogP contribution in [0.15, 0.2) is 36.4 Å². The number of nitrogens with one attached hydrogen (secondary N) is 1. The van der Waals surface area contributed by atoms with Gasteiger partial charge in [0.05, 0.1) is 0 Å². The molecule has 3 nitrogen and oxygen atoms in total. The zero-order chi connectivity index (χ0) is 17.2. The molecule has 24 heavy (non-hydrogen) atoms. The van der Waals surface area contributed by atoms with Crippen molar-refractivity contribution in [3.8, 4) is 5.75 Å². The number of hydrogen-bond donors (Lipinski definition) is 2. The summed E-state index contributed by atoms with van der Waals surface area (Å²) >= 11 is 0. The van der Waals surface area contributed by atoms with Gasteiger partial charge in [-0.05, 0) is 23.4 Å². The van der Waals surface area contributed by atoms with Gasteiger partial charge in [0.1, 0.15) is 5.75 Å². The normalized spacial score (nSPS) is 18.0. The number of aromatic hydroxyl groups is 1. The fraction of sp³-hybridized carbons (Fsp3) is 0.444. The van der Waals surface area contributed by atoms with Crippen LogP contribution in [0.25, 0.3) is 10.8 Å². The number of hydrogen-bond acceptors (Lipinski definition) is 3. The molecule has 1 aliphatic rings. The number of phenols is 1. The van der Waals surface area contributed by atoms with Crippen LogP contribution in [0, 0.1) is 0 Å². The first-order valence-corrected chi connectivity index (χ1v) is 8.18. The lowest BCUT2D eigenvalue weighted by Gasteiger charge is -2.36. The molecule has 6 heteroatoms. The lowest BCUT2D eigenvalue weighted by Crippen LogP contribution is -2.45. The SMILES string of the molecule is Oc1ccc([C@@H](CCC(F)(F)F)N2CCNCC2)c2ccccc12. The number of piperazine rings is 1. The molecular formula is C18H21F3N2O. The van der Waals surface area contributed by atoms with Crippen LogP contribution >= 0.6 is 0 Å². The second-order valence-corrected chi connectivity index (χ2v) is 6.18. The van der Waals surface area contributed by atoms with E-state index in [2.05, 4.69) is 10.2 Å². The standard InChI is InChI=1S/C18H21F3N2O/c19-18(20,21)8-7-16(23-11-9-22-10-12-23)14-5-6-17(24)15-4-2-1-3-13(14)15/h1-6,16,22,24H,7-12H2/t16-/m1/s1. The second-order valence-electron chi connectivity index (χ2n) is 6.18. The van der Waals surface area contributed by atoms with Crippen molar-refractivity contribution in [3.05, 3.63) is 42.0 Å². The lowest BCUT2D eigenvalue weighted by molar-refractivity contribution is -0.138. The van der Waals surface area contributed by atoms with Crippen LogP contribution in [0.5, 0.6) is 5.75 Å². The summed E-state index contributed by atoms with van der Waals surface area (Å²) in [7, 11) is 0. The largest absolute Gasteiger partial charge is 0.507 e. The van der Waals surface area contributed by atoms with Crippen LogP contribution in [0.4, 0.5) is 13.2 Å². The van der Waals surface area contributed by atoms with Gasteiger partial charge in [0.2, 0.25) is 0 Å². The van der Waals surface area contributed by atoms with E-state index >= 15 is 0 Å². The third-order valence-electron chi connectivity index (χ3n) is 4.59. The summed E-state index contributed by atoms with van der Waals surface area (Å²) in [5, 5.41) is 14.8. The van der Waals surface area contributed by atoms with E-state index < -0.39 is 12.6 Å². The van der Waals surface area contributed by atoms with Gasteiger partial charge < -0.3 is 10.4 Å². The van der Waals surface area contributed by atoms with Crippen LogP contribution in [0.1, 0.15) is 24.4 Å². The summed E-state index contributed by atoms with van der Waals surface area (Å²) in [5.41, 5.74) is 0.856. The van der Waals surface area contributed by atoms with E-state index in [0.717, 1.165) is 37.1 Å². The molecule has 1 atom stereocenters. The van der Waals surface area contributed by atoms with Gasteiger partial charge in [-0.3, -0.25) is 4.90 Å². The smallest absolute Gasteiger partial charge is 0.389 e. The van der Waals surface area contributed by atoms with Crippen LogP contribution in [-0.2, 0) is 0 Å². The van der Waals surface area contributed by atoms with Gasteiger partial charge in [-0.15, -0.1) is 0 Å². The van der Waals surface area contributed by atoms with E-state index in [1.165, 1.54) is 0 Å². The molecule has 1 fully saturated rings. The van der Waals surface area contributed by atoms with E-state index in [1.54, 1.807) is 18.2 Å². The Kier molecular flexibility index (Phi) is 4.96. The molecule has 0 amide bonds. The van der Waals surface area contributed by atoms with Crippen molar-refractivity contribution in [3.63, 3.8) is 0 Å². The molecule has 2 aromatic carbocycles. The highest BCUT2D eigenvalue weighted by molar-refractivity contribution is 5.91. The average molecular weight is 338 g/mol. The first-order valence-electron chi connectivity index (χ1n) is 8.18. The van der Waals surface area contributed by atoms with E-state index in [9.17, 15) is 18.3 Å². The summed E-state index contributed by atoms with van der Waals surface area (Å²) < 4.78 is 38.4.